The molecule has 0 spiro atoms. The van der Waals surface area contributed by atoms with Gasteiger partial charge in [-0.2, -0.15) is 0 Å². The number of aliphatic imine (C=N–C) groups is 1. The van der Waals surface area contributed by atoms with Gasteiger partial charge in [0.25, 0.3) is 0 Å². The van der Waals surface area contributed by atoms with E-state index in [2.05, 4.69) is 44.6 Å². The highest BCUT2D eigenvalue weighted by molar-refractivity contribution is 5.79. The van der Waals surface area contributed by atoms with Crippen molar-refractivity contribution in [2.75, 3.05) is 20.6 Å². The molecule has 116 valence electrons. The molecule has 1 atom stereocenters. The van der Waals surface area contributed by atoms with E-state index in [0.29, 0.717) is 12.5 Å². The minimum Gasteiger partial charge on any atom is -0.364 e. The molecule has 0 saturated carbocycles. The van der Waals surface area contributed by atoms with E-state index in [-0.39, 0.29) is 0 Å². The van der Waals surface area contributed by atoms with Gasteiger partial charge in [0.05, 0.1) is 6.54 Å². The summed E-state index contributed by atoms with van der Waals surface area (Å²) in [7, 11) is 3.82. The normalized spacial score (nSPS) is 17.4. The molecule has 1 aromatic carbocycles. The number of hydrogen-bond acceptors (Lipinski definition) is 3. The maximum absolute atomic E-state index is 4.87. The maximum Gasteiger partial charge on any atom is 0.193 e. The second-order valence-electron chi connectivity index (χ2n) is 5.71. The Morgan fingerprint density at radius 2 is 2.27 bits per heavy atom. The molecule has 1 aliphatic rings. The Balaban J connectivity index is 1.58. The first-order chi connectivity index (χ1) is 10.8. The molecular formula is C17H22N4O. The maximum atomic E-state index is 4.87. The van der Waals surface area contributed by atoms with Crippen LogP contribution in [0.25, 0.3) is 0 Å². The number of rotatable bonds is 4. The van der Waals surface area contributed by atoms with Crippen molar-refractivity contribution in [1.82, 2.24) is 15.4 Å². The first-order valence-corrected chi connectivity index (χ1v) is 7.66. The van der Waals surface area contributed by atoms with E-state index >= 15 is 0 Å². The van der Waals surface area contributed by atoms with E-state index < -0.39 is 0 Å². The summed E-state index contributed by atoms with van der Waals surface area (Å²) in [5.41, 5.74) is 3.86. The van der Waals surface area contributed by atoms with E-state index in [1.165, 1.54) is 24.0 Å². The van der Waals surface area contributed by atoms with Crippen LogP contribution in [0.5, 0.6) is 0 Å². The summed E-state index contributed by atoms with van der Waals surface area (Å²) in [6, 6.07) is 10.6. The molecular weight excluding hydrogens is 276 g/mol. The molecule has 1 aliphatic carbocycles. The molecule has 5 heteroatoms. The number of aromatic nitrogens is 1. The molecule has 1 unspecified atom stereocenters. The zero-order valence-corrected chi connectivity index (χ0v) is 13.1. The molecule has 0 saturated heterocycles. The molecule has 0 aliphatic heterocycles. The molecule has 0 amide bonds. The Morgan fingerprint density at radius 1 is 1.41 bits per heavy atom. The standard InChI is InChI=1S/C17H22N4O/c1-18-17(21(2)12-15-9-10-22-20-15)19-11-14-8-7-13-5-3-4-6-16(13)14/h3-6,9-10,14H,7-8,11-12H2,1-2H3,(H,18,19). The lowest BCUT2D eigenvalue weighted by atomic mass is 10.0. The van der Waals surface area contributed by atoms with Crippen molar-refractivity contribution in [3.8, 4) is 0 Å². The molecule has 3 rings (SSSR count). The highest BCUT2D eigenvalue weighted by Gasteiger charge is 2.22. The van der Waals surface area contributed by atoms with Gasteiger partial charge in [-0.15, -0.1) is 0 Å². The Bertz CT molecular complexity index is 636. The summed E-state index contributed by atoms with van der Waals surface area (Å²) < 4.78 is 4.87. The highest BCUT2D eigenvalue weighted by atomic mass is 16.5. The van der Waals surface area contributed by atoms with Crippen LogP contribution < -0.4 is 5.32 Å². The number of benzene rings is 1. The van der Waals surface area contributed by atoms with Gasteiger partial charge in [-0.3, -0.25) is 4.99 Å². The third-order valence-electron chi connectivity index (χ3n) is 4.23. The van der Waals surface area contributed by atoms with Crippen LogP contribution in [0.3, 0.4) is 0 Å². The van der Waals surface area contributed by atoms with Crippen LogP contribution in [-0.4, -0.2) is 36.7 Å². The van der Waals surface area contributed by atoms with Crippen molar-refractivity contribution < 1.29 is 4.52 Å². The molecule has 2 aromatic rings. The van der Waals surface area contributed by atoms with Crippen LogP contribution >= 0.6 is 0 Å². The van der Waals surface area contributed by atoms with Crippen molar-refractivity contribution in [2.24, 2.45) is 4.99 Å². The second kappa shape index (κ2) is 6.64. The Hall–Kier alpha value is -2.30. The number of aryl methyl sites for hydroxylation is 1. The largest absolute Gasteiger partial charge is 0.364 e. The molecule has 0 bridgehead atoms. The minimum atomic E-state index is 0.563. The van der Waals surface area contributed by atoms with Crippen LogP contribution in [0.15, 0.2) is 46.1 Å². The number of fused-ring (bicyclic) bond motifs is 1. The minimum absolute atomic E-state index is 0.563. The third kappa shape index (κ3) is 3.13. The number of nitrogens with zero attached hydrogens (tertiary/aromatic N) is 3. The molecule has 0 radical (unpaired) electrons. The van der Waals surface area contributed by atoms with Gasteiger partial charge in [-0.05, 0) is 24.0 Å². The van der Waals surface area contributed by atoms with Gasteiger partial charge in [0.15, 0.2) is 5.96 Å². The number of guanidine groups is 1. The molecule has 1 aromatic heterocycles. The van der Waals surface area contributed by atoms with Gasteiger partial charge in [0.2, 0.25) is 0 Å². The zero-order chi connectivity index (χ0) is 15.4. The average Bonchev–Trinajstić information content (AvgIpc) is 3.18. The van der Waals surface area contributed by atoms with Crippen molar-refractivity contribution in [3.05, 3.63) is 53.4 Å². The SMILES string of the molecule is CN=C(NCC1CCc2ccccc21)N(C)Cc1ccon1. The monoisotopic (exact) mass is 298 g/mol. The predicted octanol–water partition coefficient (Wildman–Crippen LogP) is 2.41. The zero-order valence-electron chi connectivity index (χ0n) is 13.1. The van der Waals surface area contributed by atoms with Gasteiger partial charge >= 0.3 is 0 Å². The lowest BCUT2D eigenvalue weighted by Crippen LogP contribution is -2.40. The average molecular weight is 298 g/mol. The van der Waals surface area contributed by atoms with Gasteiger partial charge in [0, 0.05) is 32.6 Å². The van der Waals surface area contributed by atoms with Crippen molar-refractivity contribution in [2.45, 2.75) is 25.3 Å². The van der Waals surface area contributed by atoms with Gasteiger partial charge in [0.1, 0.15) is 12.0 Å². The fourth-order valence-electron chi connectivity index (χ4n) is 3.09. The quantitative estimate of drug-likeness (QED) is 0.696. The molecule has 0 fully saturated rings. The topological polar surface area (TPSA) is 53.7 Å². The van der Waals surface area contributed by atoms with Crippen LogP contribution in [0.1, 0.15) is 29.2 Å². The van der Waals surface area contributed by atoms with E-state index in [1.54, 1.807) is 6.26 Å². The lowest BCUT2D eigenvalue weighted by molar-refractivity contribution is 0.390. The predicted molar refractivity (Wildman–Crippen MR) is 86.8 cm³/mol. The Morgan fingerprint density at radius 3 is 3.05 bits per heavy atom. The van der Waals surface area contributed by atoms with Crippen molar-refractivity contribution >= 4 is 5.96 Å². The summed E-state index contributed by atoms with van der Waals surface area (Å²) in [5, 5.41) is 7.42. The van der Waals surface area contributed by atoms with E-state index in [4.69, 9.17) is 4.52 Å². The van der Waals surface area contributed by atoms with E-state index in [9.17, 15) is 0 Å². The van der Waals surface area contributed by atoms with Gasteiger partial charge in [-0.1, -0.05) is 29.4 Å². The number of nitrogens with one attached hydrogen (secondary N) is 1. The Labute approximate surface area is 131 Å². The second-order valence-corrected chi connectivity index (χ2v) is 5.71. The highest BCUT2D eigenvalue weighted by Crippen LogP contribution is 2.32. The smallest absolute Gasteiger partial charge is 0.193 e. The number of hydrogen-bond donors (Lipinski definition) is 1. The van der Waals surface area contributed by atoms with E-state index in [1.807, 2.05) is 20.2 Å². The third-order valence-corrected chi connectivity index (χ3v) is 4.23. The summed E-state index contributed by atoms with van der Waals surface area (Å²) in [5.74, 6) is 1.45. The van der Waals surface area contributed by atoms with Gasteiger partial charge in [-0.25, -0.2) is 0 Å². The lowest BCUT2D eigenvalue weighted by Gasteiger charge is -2.22. The first-order valence-electron chi connectivity index (χ1n) is 7.66. The molecule has 5 nitrogen and oxygen atoms in total. The fraction of sp³-hybridized carbons (Fsp3) is 0.412. The summed E-state index contributed by atoms with van der Waals surface area (Å²) in [4.78, 5) is 6.41. The van der Waals surface area contributed by atoms with Crippen molar-refractivity contribution in [3.63, 3.8) is 0 Å². The molecule has 1 N–H and O–H groups in total. The van der Waals surface area contributed by atoms with Crippen LogP contribution in [-0.2, 0) is 13.0 Å². The molecule has 22 heavy (non-hydrogen) atoms. The van der Waals surface area contributed by atoms with Crippen molar-refractivity contribution in [1.29, 1.82) is 0 Å². The summed E-state index contributed by atoms with van der Waals surface area (Å²) in [6.45, 7) is 1.59. The van der Waals surface area contributed by atoms with E-state index in [0.717, 1.165) is 18.2 Å². The summed E-state index contributed by atoms with van der Waals surface area (Å²) >= 11 is 0. The van der Waals surface area contributed by atoms with Gasteiger partial charge < -0.3 is 14.7 Å². The summed E-state index contributed by atoms with van der Waals surface area (Å²) in [6.07, 6.45) is 3.97. The van der Waals surface area contributed by atoms with Crippen LogP contribution in [0.2, 0.25) is 0 Å². The Kier molecular flexibility index (Phi) is 4.42. The van der Waals surface area contributed by atoms with Crippen LogP contribution in [0, 0.1) is 0 Å². The van der Waals surface area contributed by atoms with Crippen LogP contribution in [0.4, 0.5) is 0 Å². The molecule has 1 heterocycles. The fourth-order valence-corrected chi connectivity index (χ4v) is 3.09. The first kappa shape index (κ1) is 14.6.